The Morgan fingerprint density at radius 3 is 2.72 bits per heavy atom. The number of benzene rings is 1. The number of carbonyl (C=O) groups excluding carboxylic acids is 1. The normalized spacial score (nSPS) is 20.4. The minimum Gasteiger partial charge on any atom is -0.341 e. The van der Waals surface area contributed by atoms with Crippen LogP contribution in [0.15, 0.2) is 30.5 Å². The third-order valence-corrected chi connectivity index (χ3v) is 6.32. The summed E-state index contributed by atoms with van der Waals surface area (Å²) in [5.41, 5.74) is 2.50. The highest BCUT2D eigenvalue weighted by Gasteiger charge is 2.36. The summed E-state index contributed by atoms with van der Waals surface area (Å²) in [6, 6.07) is 6.25. The van der Waals surface area contributed by atoms with Gasteiger partial charge in [-0.3, -0.25) is 4.79 Å². The highest BCUT2D eigenvalue weighted by molar-refractivity contribution is 5.87. The van der Waals surface area contributed by atoms with Crippen LogP contribution < -0.4 is 0 Å². The molecule has 0 unspecified atom stereocenters. The zero-order valence-electron chi connectivity index (χ0n) is 17.5. The van der Waals surface area contributed by atoms with Gasteiger partial charge in [-0.2, -0.15) is 0 Å². The number of hydrogen-bond donors (Lipinski definition) is 0. The summed E-state index contributed by atoms with van der Waals surface area (Å²) in [6.45, 7) is 7.13. The zero-order chi connectivity index (χ0) is 20.6. The molecule has 0 radical (unpaired) electrons. The van der Waals surface area contributed by atoms with Crippen LogP contribution in [0.5, 0.6) is 0 Å². The molecule has 5 nitrogen and oxygen atoms in total. The number of fused-ring (bicyclic) bond motifs is 1. The molecule has 0 bridgehead atoms. The number of likely N-dealkylation sites (N-methyl/N-ethyl adjacent to an activating group) is 1. The van der Waals surface area contributed by atoms with E-state index in [1.165, 1.54) is 17.7 Å². The quantitative estimate of drug-likeness (QED) is 0.799. The standard InChI is InChI=1S/C23H29FN4O/c1-23(2,18-6-8-19(24)9-7-18)22(29)28-11-4-5-16(15-28)21-25-13-17-14-27(3)12-10-20(17)26-21/h6-9,13,16H,4-5,10-12,14-15H2,1-3H3/t16-/m0/s1. The maximum absolute atomic E-state index is 13.3. The Morgan fingerprint density at radius 1 is 1.21 bits per heavy atom. The second-order valence-electron chi connectivity index (χ2n) is 8.91. The summed E-state index contributed by atoms with van der Waals surface area (Å²) in [6.07, 6.45) is 4.86. The molecule has 0 aliphatic carbocycles. The lowest BCUT2D eigenvalue weighted by Crippen LogP contribution is -2.47. The Kier molecular flexibility index (Phi) is 5.38. The fourth-order valence-corrected chi connectivity index (χ4v) is 4.43. The molecule has 0 saturated carbocycles. The van der Waals surface area contributed by atoms with Crippen molar-refractivity contribution in [3.63, 3.8) is 0 Å². The molecule has 0 spiro atoms. The SMILES string of the molecule is CN1CCc2nc([C@H]3CCCN(C(=O)C(C)(C)c4ccc(F)cc4)C3)ncc2C1. The van der Waals surface area contributed by atoms with Crippen molar-refractivity contribution in [3.05, 3.63) is 58.9 Å². The average molecular weight is 397 g/mol. The van der Waals surface area contributed by atoms with E-state index >= 15 is 0 Å². The smallest absolute Gasteiger partial charge is 0.232 e. The molecular formula is C23H29FN4O. The van der Waals surface area contributed by atoms with Crippen LogP contribution in [-0.4, -0.2) is 52.4 Å². The van der Waals surface area contributed by atoms with Gasteiger partial charge in [-0.25, -0.2) is 14.4 Å². The number of carbonyl (C=O) groups is 1. The molecule has 0 N–H and O–H groups in total. The van der Waals surface area contributed by atoms with Crippen LogP contribution >= 0.6 is 0 Å². The number of piperidine rings is 1. The maximum atomic E-state index is 13.3. The summed E-state index contributed by atoms with van der Waals surface area (Å²) in [5, 5.41) is 0. The Hall–Kier alpha value is -2.34. The molecule has 1 saturated heterocycles. The highest BCUT2D eigenvalue weighted by atomic mass is 19.1. The monoisotopic (exact) mass is 396 g/mol. The van der Waals surface area contributed by atoms with Gasteiger partial charge in [0.25, 0.3) is 0 Å². The van der Waals surface area contributed by atoms with Crippen molar-refractivity contribution in [2.45, 2.75) is 51.0 Å². The first kappa shape index (κ1) is 20.0. The summed E-state index contributed by atoms with van der Waals surface area (Å²) in [4.78, 5) is 27.1. The van der Waals surface area contributed by atoms with E-state index in [1.807, 2.05) is 24.9 Å². The highest BCUT2D eigenvalue weighted by Crippen LogP contribution is 2.31. The van der Waals surface area contributed by atoms with Gasteiger partial charge in [0.1, 0.15) is 11.6 Å². The topological polar surface area (TPSA) is 49.3 Å². The van der Waals surface area contributed by atoms with E-state index in [1.54, 1.807) is 12.1 Å². The second kappa shape index (κ2) is 7.82. The third kappa shape index (κ3) is 4.04. The van der Waals surface area contributed by atoms with E-state index in [0.717, 1.165) is 56.0 Å². The van der Waals surface area contributed by atoms with Gasteiger partial charge in [0, 0.05) is 56.0 Å². The Labute approximate surface area is 172 Å². The van der Waals surface area contributed by atoms with Crippen LogP contribution in [0.25, 0.3) is 0 Å². The lowest BCUT2D eigenvalue weighted by atomic mass is 9.82. The van der Waals surface area contributed by atoms with Gasteiger partial charge in [-0.15, -0.1) is 0 Å². The van der Waals surface area contributed by atoms with E-state index in [-0.39, 0.29) is 17.6 Å². The minimum atomic E-state index is -0.698. The van der Waals surface area contributed by atoms with Gasteiger partial charge in [-0.05, 0) is 51.4 Å². The van der Waals surface area contributed by atoms with Crippen molar-refractivity contribution < 1.29 is 9.18 Å². The molecule has 1 aromatic heterocycles. The number of rotatable bonds is 3. The molecule has 4 rings (SSSR count). The first-order chi connectivity index (χ1) is 13.8. The first-order valence-corrected chi connectivity index (χ1v) is 10.4. The molecule has 154 valence electrons. The number of aromatic nitrogens is 2. The number of amides is 1. The fourth-order valence-electron chi connectivity index (χ4n) is 4.43. The fraction of sp³-hybridized carbons (Fsp3) is 0.522. The van der Waals surface area contributed by atoms with E-state index in [0.29, 0.717) is 6.54 Å². The molecular weight excluding hydrogens is 367 g/mol. The molecule has 6 heteroatoms. The summed E-state index contributed by atoms with van der Waals surface area (Å²) < 4.78 is 13.3. The van der Waals surface area contributed by atoms with Gasteiger partial charge in [-0.1, -0.05) is 12.1 Å². The summed E-state index contributed by atoms with van der Waals surface area (Å²) in [5.74, 6) is 0.825. The Balaban J connectivity index is 1.51. The van der Waals surface area contributed by atoms with Crippen LogP contribution in [0.1, 0.15) is 55.3 Å². The predicted molar refractivity (Wildman–Crippen MR) is 110 cm³/mol. The third-order valence-electron chi connectivity index (χ3n) is 6.32. The van der Waals surface area contributed by atoms with Crippen molar-refractivity contribution in [1.82, 2.24) is 19.8 Å². The van der Waals surface area contributed by atoms with Crippen molar-refractivity contribution in [2.24, 2.45) is 0 Å². The van der Waals surface area contributed by atoms with Crippen LogP contribution in [0, 0.1) is 5.82 Å². The minimum absolute atomic E-state index is 0.0772. The average Bonchev–Trinajstić information content (AvgIpc) is 2.73. The molecule has 1 amide bonds. The number of hydrogen-bond acceptors (Lipinski definition) is 4. The van der Waals surface area contributed by atoms with Crippen LogP contribution in [-0.2, 0) is 23.2 Å². The molecule has 3 heterocycles. The van der Waals surface area contributed by atoms with Gasteiger partial charge in [0.05, 0.1) is 5.41 Å². The van der Waals surface area contributed by atoms with Gasteiger partial charge in [0.15, 0.2) is 0 Å². The molecule has 1 fully saturated rings. The zero-order valence-corrected chi connectivity index (χ0v) is 17.5. The van der Waals surface area contributed by atoms with Crippen molar-refractivity contribution in [1.29, 1.82) is 0 Å². The van der Waals surface area contributed by atoms with Gasteiger partial charge in [0.2, 0.25) is 5.91 Å². The molecule has 29 heavy (non-hydrogen) atoms. The largest absolute Gasteiger partial charge is 0.341 e. The van der Waals surface area contributed by atoms with E-state index in [2.05, 4.69) is 16.9 Å². The summed E-state index contributed by atoms with van der Waals surface area (Å²) >= 11 is 0. The van der Waals surface area contributed by atoms with Crippen LogP contribution in [0.2, 0.25) is 0 Å². The lowest BCUT2D eigenvalue weighted by molar-refractivity contribution is -0.137. The van der Waals surface area contributed by atoms with Crippen molar-refractivity contribution in [2.75, 3.05) is 26.7 Å². The second-order valence-corrected chi connectivity index (χ2v) is 8.91. The molecule has 1 atom stereocenters. The maximum Gasteiger partial charge on any atom is 0.232 e. The van der Waals surface area contributed by atoms with Gasteiger partial charge >= 0.3 is 0 Å². The van der Waals surface area contributed by atoms with Crippen LogP contribution in [0.3, 0.4) is 0 Å². The number of halogens is 1. The van der Waals surface area contributed by atoms with E-state index in [4.69, 9.17) is 4.98 Å². The molecule has 2 aromatic rings. The van der Waals surface area contributed by atoms with E-state index < -0.39 is 5.41 Å². The molecule has 2 aliphatic rings. The number of nitrogens with zero attached hydrogens (tertiary/aromatic N) is 4. The summed E-state index contributed by atoms with van der Waals surface area (Å²) in [7, 11) is 2.12. The Bertz CT molecular complexity index is 896. The van der Waals surface area contributed by atoms with Crippen LogP contribution in [0.4, 0.5) is 4.39 Å². The van der Waals surface area contributed by atoms with Crippen molar-refractivity contribution in [3.8, 4) is 0 Å². The number of likely N-dealkylation sites (tertiary alicyclic amines) is 1. The van der Waals surface area contributed by atoms with Crippen molar-refractivity contribution >= 4 is 5.91 Å². The lowest BCUT2D eigenvalue weighted by Gasteiger charge is -2.37. The molecule has 1 aromatic carbocycles. The van der Waals surface area contributed by atoms with E-state index in [9.17, 15) is 9.18 Å². The van der Waals surface area contributed by atoms with Gasteiger partial charge < -0.3 is 9.80 Å². The Morgan fingerprint density at radius 2 is 1.97 bits per heavy atom. The predicted octanol–water partition coefficient (Wildman–Crippen LogP) is 3.29. The molecule has 2 aliphatic heterocycles. The first-order valence-electron chi connectivity index (χ1n) is 10.4.